The Bertz CT molecular complexity index is 1450. The highest BCUT2D eigenvalue weighted by Gasteiger charge is 2.35. The summed E-state index contributed by atoms with van der Waals surface area (Å²) in [6, 6.07) is 12.3. The van der Waals surface area contributed by atoms with Crippen molar-refractivity contribution < 1.29 is 32.2 Å². The van der Waals surface area contributed by atoms with Crippen molar-refractivity contribution in [3.63, 3.8) is 0 Å². The molecule has 188 valence electrons. The molecule has 2 heterocycles. The Labute approximate surface area is 204 Å². The van der Waals surface area contributed by atoms with E-state index in [1.807, 2.05) is 13.8 Å². The van der Waals surface area contributed by atoms with Gasteiger partial charge in [0.05, 0.1) is 6.61 Å². The van der Waals surface area contributed by atoms with E-state index in [0.717, 1.165) is 6.07 Å². The monoisotopic (exact) mass is 499 g/mol. The predicted molar refractivity (Wildman–Crippen MR) is 127 cm³/mol. The molecule has 0 fully saturated rings. The Kier molecular flexibility index (Phi) is 7.03. The van der Waals surface area contributed by atoms with E-state index < -0.39 is 23.6 Å². The second kappa shape index (κ2) is 10.0. The summed E-state index contributed by atoms with van der Waals surface area (Å²) in [4.78, 5) is 16.6. The summed E-state index contributed by atoms with van der Waals surface area (Å²) >= 11 is 0. The van der Waals surface area contributed by atoms with Crippen LogP contribution >= 0.6 is 0 Å². The molecule has 2 aromatic heterocycles. The van der Waals surface area contributed by atoms with Gasteiger partial charge in [-0.15, -0.1) is 0 Å². The fourth-order valence-electron chi connectivity index (χ4n) is 3.82. The quantitative estimate of drug-likeness (QED) is 0.303. The molecule has 2 aromatic carbocycles. The van der Waals surface area contributed by atoms with Gasteiger partial charge in [-0.25, -0.2) is 0 Å². The summed E-state index contributed by atoms with van der Waals surface area (Å²) in [5.41, 5.74) is 0.0433. The van der Waals surface area contributed by atoms with Gasteiger partial charge in [0.25, 0.3) is 0 Å². The van der Waals surface area contributed by atoms with E-state index in [1.54, 1.807) is 31.2 Å². The zero-order valence-electron chi connectivity index (χ0n) is 19.8. The van der Waals surface area contributed by atoms with Crippen LogP contribution in [0.25, 0.3) is 11.0 Å². The van der Waals surface area contributed by atoms with Crippen LogP contribution in [0.2, 0.25) is 0 Å². The first kappa shape index (κ1) is 25.2. The second-order valence-corrected chi connectivity index (χ2v) is 8.55. The van der Waals surface area contributed by atoms with Crippen molar-refractivity contribution in [1.82, 2.24) is 4.98 Å². The number of aliphatic hydroxyl groups is 1. The van der Waals surface area contributed by atoms with Crippen molar-refractivity contribution in [2.24, 2.45) is 0 Å². The number of alkyl halides is 3. The number of fused-ring (bicyclic) bond motifs is 1. The van der Waals surface area contributed by atoms with Crippen LogP contribution in [-0.2, 0) is 12.8 Å². The van der Waals surface area contributed by atoms with Gasteiger partial charge in [0.15, 0.2) is 5.43 Å². The number of benzene rings is 2. The van der Waals surface area contributed by atoms with Crippen molar-refractivity contribution >= 4 is 11.0 Å². The third kappa shape index (κ3) is 5.21. The maximum Gasteiger partial charge on any atom is 0.421 e. The van der Waals surface area contributed by atoms with E-state index in [1.165, 1.54) is 24.4 Å². The summed E-state index contributed by atoms with van der Waals surface area (Å²) < 4.78 is 58.1. The predicted octanol–water partition coefficient (Wildman–Crippen LogP) is 6.75. The Morgan fingerprint density at radius 1 is 1.06 bits per heavy atom. The van der Waals surface area contributed by atoms with E-state index in [-0.39, 0.29) is 40.4 Å². The molecule has 4 rings (SSSR count). The molecule has 6 nitrogen and oxygen atoms in total. The minimum absolute atomic E-state index is 0.0131. The van der Waals surface area contributed by atoms with Crippen molar-refractivity contribution in [1.29, 1.82) is 0 Å². The zero-order valence-corrected chi connectivity index (χ0v) is 19.8. The molecule has 0 aliphatic carbocycles. The number of pyridine rings is 1. The van der Waals surface area contributed by atoms with Crippen LogP contribution in [0, 0.1) is 0 Å². The van der Waals surface area contributed by atoms with Gasteiger partial charge in [-0.2, -0.15) is 13.2 Å². The van der Waals surface area contributed by atoms with Crippen LogP contribution in [0.3, 0.4) is 0 Å². The number of hydrogen-bond donors (Lipinski definition) is 1. The molecule has 0 saturated carbocycles. The Morgan fingerprint density at radius 3 is 2.50 bits per heavy atom. The summed E-state index contributed by atoms with van der Waals surface area (Å²) in [5.74, 6) is -0.0863. The number of aromatic nitrogens is 1. The van der Waals surface area contributed by atoms with Crippen molar-refractivity contribution in [2.45, 2.75) is 45.6 Å². The SMILES string of the molecule is CC(C)c1cc(=O)c2c(OC(C)c3ccccc3CO)cc(Oc3ccncc3C(F)(F)F)cc2o1. The third-order valence-corrected chi connectivity index (χ3v) is 5.64. The lowest BCUT2D eigenvalue weighted by atomic mass is 10.0. The average Bonchev–Trinajstić information content (AvgIpc) is 2.83. The van der Waals surface area contributed by atoms with Gasteiger partial charge in [-0.1, -0.05) is 38.1 Å². The average molecular weight is 499 g/mol. The molecule has 1 unspecified atom stereocenters. The van der Waals surface area contributed by atoms with Crippen LogP contribution in [0.15, 0.2) is 70.1 Å². The molecule has 1 atom stereocenters. The lowest BCUT2D eigenvalue weighted by molar-refractivity contribution is -0.138. The van der Waals surface area contributed by atoms with E-state index in [4.69, 9.17) is 13.9 Å². The lowest BCUT2D eigenvalue weighted by Crippen LogP contribution is -2.11. The minimum Gasteiger partial charge on any atom is -0.485 e. The maximum absolute atomic E-state index is 13.5. The summed E-state index contributed by atoms with van der Waals surface area (Å²) in [7, 11) is 0. The summed E-state index contributed by atoms with van der Waals surface area (Å²) in [6.07, 6.45) is -3.42. The number of ether oxygens (including phenoxy) is 2. The number of nitrogens with zero attached hydrogens (tertiary/aromatic N) is 1. The number of aliphatic hydroxyl groups excluding tert-OH is 1. The van der Waals surface area contributed by atoms with E-state index in [9.17, 15) is 23.1 Å². The van der Waals surface area contributed by atoms with Gasteiger partial charge in [0, 0.05) is 36.5 Å². The molecular formula is C27H24F3NO5. The Balaban J connectivity index is 1.85. The molecule has 0 saturated heterocycles. The van der Waals surface area contributed by atoms with Gasteiger partial charge in [0.2, 0.25) is 0 Å². The molecule has 0 aliphatic heterocycles. The van der Waals surface area contributed by atoms with Crippen LogP contribution < -0.4 is 14.9 Å². The minimum atomic E-state index is -4.68. The van der Waals surface area contributed by atoms with E-state index in [2.05, 4.69) is 4.98 Å². The standard InChI is InChI=1S/C27H24F3NO5/c1-15(2)23-12-21(33)26-24(34-16(3)19-7-5-4-6-17(19)14-32)10-18(11-25(26)36-23)35-22-8-9-31-13-20(22)27(28,29)30/h4-13,15-16,32H,14H2,1-3H3. The maximum atomic E-state index is 13.5. The fourth-order valence-corrected chi connectivity index (χ4v) is 3.82. The smallest absolute Gasteiger partial charge is 0.421 e. The van der Waals surface area contributed by atoms with Crippen LogP contribution in [0.4, 0.5) is 13.2 Å². The molecule has 0 aliphatic rings. The highest BCUT2D eigenvalue weighted by Crippen LogP contribution is 2.40. The number of halogens is 3. The van der Waals surface area contributed by atoms with Crippen LogP contribution in [-0.4, -0.2) is 10.1 Å². The van der Waals surface area contributed by atoms with E-state index in [0.29, 0.717) is 23.1 Å². The third-order valence-electron chi connectivity index (χ3n) is 5.64. The number of hydrogen-bond acceptors (Lipinski definition) is 6. The second-order valence-electron chi connectivity index (χ2n) is 8.55. The topological polar surface area (TPSA) is 81.8 Å². The van der Waals surface area contributed by atoms with Crippen LogP contribution in [0.1, 0.15) is 55.2 Å². The largest absolute Gasteiger partial charge is 0.485 e. The highest BCUT2D eigenvalue weighted by atomic mass is 19.4. The zero-order chi connectivity index (χ0) is 26.0. The number of rotatable bonds is 7. The lowest BCUT2D eigenvalue weighted by Gasteiger charge is -2.20. The molecule has 0 spiro atoms. The summed E-state index contributed by atoms with van der Waals surface area (Å²) in [6.45, 7) is 5.23. The van der Waals surface area contributed by atoms with Gasteiger partial charge >= 0.3 is 6.18 Å². The van der Waals surface area contributed by atoms with Gasteiger partial charge in [0.1, 0.15) is 45.6 Å². The molecule has 4 aromatic rings. The molecular weight excluding hydrogens is 475 g/mol. The molecule has 0 amide bonds. The molecule has 9 heteroatoms. The summed E-state index contributed by atoms with van der Waals surface area (Å²) in [5, 5.41) is 9.82. The van der Waals surface area contributed by atoms with Crippen molar-refractivity contribution in [3.8, 4) is 17.2 Å². The fraction of sp³-hybridized carbons (Fsp3) is 0.259. The van der Waals surface area contributed by atoms with Crippen LogP contribution in [0.5, 0.6) is 17.2 Å². The normalized spacial score (nSPS) is 12.7. The molecule has 36 heavy (non-hydrogen) atoms. The molecule has 1 N–H and O–H groups in total. The first-order valence-electron chi connectivity index (χ1n) is 11.2. The molecule has 0 radical (unpaired) electrons. The van der Waals surface area contributed by atoms with E-state index >= 15 is 0 Å². The van der Waals surface area contributed by atoms with Crippen molar-refractivity contribution in [3.05, 3.63) is 93.6 Å². The Hall–Kier alpha value is -3.85. The van der Waals surface area contributed by atoms with Gasteiger partial charge < -0.3 is 19.0 Å². The van der Waals surface area contributed by atoms with Crippen molar-refractivity contribution in [2.75, 3.05) is 0 Å². The van der Waals surface area contributed by atoms with Gasteiger partial charge in [-0.05, 0) is 24.1 Å². The molecule has 0 bridgehead atoms. The Morgan fingerprint density at radius 2 is 1.81 bits per heavy atom. The first-order chi connectivity index (χ1) is 17.1. The highest BCUT2D eigenvalue weighted by molar-refractivity contribution is 5.85. The first-order valence-corrected chi connectivity index (χ1v) is 11.2. The van der Waals surface area contributed by atoms with Gasteiger partial charge in [-0.3, -0.25) is 9.78 Å².